The molecule has 1 aliphatic rings. The Bertz CT molecular complexity index is 178. The van der Waals surface area contributed by atoms with Crippen molar-refractivity contribution in [2.75, 3.05) is 25.4 Å². The van der Waals surface area contributed by atoms with Gasteiger partial charge in [0.1, 0.15) is 0 Å². The first-order valence-electron chi connectivity index (χ1n) is 4.58. The highest BCUT2D eigenvalue weighted by molar-refractivity contribution is 8.00. The predicted molar refractivity (Wildman–Crippen MR) is 52.4 cm³/mol. The van der Waals surface area contributed by atoms with E-state index >= 15 is 0 Å². The highest BCUT2D eigenvalue weighted by atomic mass is 32.2. The maximum atomic E-state index is 11.8. The molecule has 0 aromatic heterocycles. The molecule has 1 heterocycles. The molecule has 84 valence electrons. The van der Waals surface area contributed by atoms with Crippen LogP contribution >= 0.6 is 11.8 Å². The van der Waals surface area contributed by atoms with Gasteiger partial charge in [0.05, 0.1) is 0 Å². The molecule has 1 unspecified atom stereocenters. The number of hydrogen-bond donors (Lipinski definition) is 2. The van der Waals surface area contributed by atoms with Gasteiger partial charge in [0.15, 0.2) is 0 Å². The fraction of sp³-hybridized carbons (Fsp3) is 1.00. The van der Waals surface area contributed by atoms with Crippen molar-refractivity contribution in [1.82, 2.24) is 10.6 Å². The summed E-state index contributed by atoms with van der Waals surface area (Å²) in [5.41, 5.74) is -4.12. The van der Waals surface area contributed by atoms with E-state index in [-0.39, 0.29) is 23.1 Å². The summed E-state index contributed by atoms with van der Waals surface area (Å²) in [5, 5.41) is 6.33. The predicted octanol–water partition coefficient (Wildman–Crippen LogP) is 1.58. The highest BCUT2D eigenvalue weighted by Gasteiger charge is 2.30. The van der Waals surface area contributed by atoms with Gasteiger partial charge >= 0.3 is 5.51 Å². The molecule has 1 fully saturated rings. The van der Waals surface area contributed by atoms with Gasteiger partial charge in [-0.25, -0.2) is 0 Å². The van der Waals surface area contributed by atoms with Gasteiger partial charge in [0.25, 0.3) is 0 Å². The molecule has 0 radical (unpaired) electrons. The van der Waals surface area contributed by atoms with E-state index in [4.69, 9.17) is 0 Å². The zero-order valence-corrected chi connectivity index (χ0v) is 8.89. The van der Waals surface area contributed by atoms with Gasteiger partial charge in [-0.3, -0.25) is 0 Å². The normalized spacial score (nSPS) is 28.3. The summed E-state index contributed by atoms with van der Waals surface area (Å²) in [7, 11) is 0. The van der Waals surface area contributed by atoms with E-state index < -0.39 is 5.51 Å². The van der Waals surface area contributed by atoms with Gasteiger partial charge < -0.3 is 10.6 Å². The van der Waals surface area contributed by atoms with E-state index in [1.54, 1.807) is 0 Å². The lowest BCUT2D eigenvalue weighted by Gasteiger charge is -2.24. The number of thioether (sulfide) groups is 1. The smallest absolute Gasteiger partial charge is 0.315 e. The standard InChI is InChI=1S/C8H15F3N2S/c1-7(2-3-12-6-7)13-4-5-14-8(9,10)11/h12-13H,2-6H2,1H3. The largest absolute Gasteiger partial charge is 0.441 e. The van der Waals surface area contributed by atoms with Crippen LogP contribution in [-0.4, -0.2) is 36.4 Å². The lowest BCUT2D eigenvalue weighted by molar-refractivity contribution is -0.0327. The second-order valence-electron chi connectivity index (χ2n) is 3.71. The Hall–Kier alpha value is 0.0600. The zero-order chi connectivity index (χ0) is 10.7. The van der Waals surface area contributed by atoms with Crippen molar-refractivity contribution < 1.29 is 13.2 Å². The Morgan fingerprint density at radius 1 is 1.50 bits per heavy atom. The van der Waals surface area contributed by atoms with E-state index in [1.807, 2.05) is 6.92 Å². The number of nitrogens with one attached hydrogen (secondary N) is 2. The van der Waals surface area contributed by atoms with Crippen molar-refractivity contribution in [3.63, 3.8) is 0 Å². The summed E-state index contributed by atoms with van der Waals surface area (Å²) in [5.74, 6) is 0.0824. The lowest BCUT2D eigenvalue weighted by atomic mass is 10.0. The minimum Gasteiger partial charge on any atom is -0.315 e. The average Bonchev–Trinajstić information content (AvgIpc) is 2.45. The fourth-order valence-corrected chi connectivity index (χ4v) is 1.92. The molecule has 0 saturated carbocycles. The Kier molecular flexibility index (Phi) is 4.09. The van der Waals surface area contributed by atoms with Crippen LogP contribution in [0, 0.1) is 0 Å². The molecule has 1 saturated heterocycles. The summed E-state index contributed by atoms with van der Waals surface area (Å²) in [6.45, 7) is 4.22. The minimum absolute atomic E-state index is 0.0217. The topological polar surface area (TPSA) is 24.1 Å². The van der Waals surface area contributed by atoms with Gasteiger partial charge in [0.2, 0.25) is 0 Å². The number of hydrogen-bond acceptors (Lipinski definition) is 3. The van der Waals surface area contributed by atoms with Crippen LogP contribution in [-0.2, 0) is 0 Å². The highest BCUT2D eigenvalue weighted by Crippen LogP contribution is 2.29. The van der Waals surface area contributed by atoms with Crippen LogP contribution in [0.4, 0.5) is 13.2 Å². The minimum atomic E-state index is -4.10. The average molecular weight is 228 g/mol. The summed E-state index contributed by atoms with van der Waals surface area (Å²) in [6.07, 6.45) is 0.976. The first-order valence-corrected chi connectivity index (χ1v) is 5.56. The van der Waals surface area contributed by atoms with Crippen molar-refractivity contribution in [2.45, 2.75) is 24.4 Å². The van der Waals surface area contributed by atoms with Crippen LogP contribution < -0.4 is 10.6 Å². The lowest BCUT2D eigenvalue weighted by Crippen LogP contribution is -2.45. The van der Waals surface area contributed by atoms with Crippen LogP contribution in [0.2, 0.25) is 0 Å². The number of rotatable bonds is 4. The van der Waals surface area contributed by atoms with E-state index in [1.165, 1.54) is 0 Å². The maximum Gasteiger partial charge on any atom is 0.441 e. The molecule has 14 heavy (non-hydrogen) atoms. The molecule has 2 N–H and O–H groups in total. The third-order valence-corrected chi connectivity index (χ3v) is 3.02. The SMILES string of the molecule is CC1(NCCSC(F)(F)F)CCNC1. The van der Waals surface area contributed by atoms with Crippen LogP contribution in [0.5, 0.6) is 0 Å². The quantitative estimate of drug-likeness (QED) is 0.714. The van der Waals surface area contributed by atoms with Crippen molar-refractivity contribution in [3.8, 4) is 0 Å². The number of alkyl halides is 3. The monoisotopic (exact) mass is 228 g/mol. The summed E-state index contributed by atoms with van der Waals surface area (Å²) < 4.78 is 35.3. The molecule has 1 atom stereocenters. The fourth-order valence-electron chi connectivity index (χ4n) is 1.49. The molecule has 0 aromatic rings. The zero-order valence-electron chi connectivity index (χ0n) is 8.08. The van der Waals surface area contributed by atoms with Crippen molar-refractivity contribution >= 4 is 11.8 Å². The molecule has 6 heteroatoms. The first-order chi connectivity index (χ1) is 6.41. The van der Waals surface area contributed by atoms with Crippen LogP contribution in [0.25, 0.3) is 0 Å². The van der Waals surface area contributed by atoms with E-state index in [0.717, 1.165) is 19.5 Å². The third kappa shape index (κ3) is 4.52. The van der Waals surface area contributed by atoms with E-state index in [9.17, 15) is 13.2 Å². The second-order valence-corrected chi connectivity index (χ2v) is 4.87. The summed E-state index contributed by atoms with van der Waals surface area (Å²) in [6, 6.07) is 0. The Labute approximate surface area is 86.0 Å². The van der Waals surface area contributed by atoms with Gasteiger partial charge in [-0.1, -0.05) is 0 Å². The molecule has 0 aliphatic carbocycles. The molecule has 0 amide bonds. The van der Waals surface area contributed by atoms with Crippen LogP contribution in [0.1, 0.15) is 13.3 Å². The van der Waals surface area contributed by atoms with Gasteiger partial charge in [-0.15, -0.1) is 0 Å². The van der Waals surface area contributed by atoms with Crippen molar-refractivity contribution in [3.05, 3.63) is 0 Å². The molecular weight excluding hydrogens is 213 g/mol. The van der Waals surface area contributed by atoms with Crippen molar-refractivity contribution in [1.29, 1.82) is 0 Å². The Balaban J connectivity index is 2.09. The maximum absolute atomic E-state index is 11.8. The molecular formula is C8H15F3N2S. The Morgan fingerprint density at radius 3 is 2.71 bits per heavy atom. The molecule has 0 bridgehead atoms. The third-order valence-electron chi connectivity index (χ3n) is 2.29. The van der Waals surface area contributed by atoms with Gasteiger partial charge in [0, 0.05) is 24.4 Å². The van der Waals surface area contributed by atoms with Gasteiger partial charge in [-0.05, 0) is 31.7 Å². The second kappa shape index (κ2) is 4.72. The summed E-state index contributed by atoms with van der Waals surface area (Å²) in [4.78, 5) is 0. The summed E-state index contributed by atoms with van der Waals surface area (Å²) >= 11 is 0.0327. The van der Waals surface area contributed by atoms with E-state index in [0.29, 0.717) is 6.54 Å². The molecule has 0 aromatic carbocycles. The van der Waals surface area contributed by atoms with Gasteiger partial charge in [-0.2, -0.15) is 13.2 Å². The molecule has 1 aliphatic heterocycles. The first kappa shape index (κ1) is 12.1. The van der Waals surface area contributed by atoms with Crippen LogP contribution in [0.3, 0.4) is 0 Å². The van der Waals surface area contributed by atoms with Crippen molar-refractivity contribution in [2.24, 2.45) is 0 Å². The Morgan fingerprint density at radius 2 is 2.21 bits per heavy atom. The molecule has 1 rings (SSSR count). The van der Waals surface area contributed by atoms with E-state index in [2.05, 4.69) is 10.6 Å². The molecule has 2 nitrogen and oxygen atoms in total. The molecule has 0 spiro atoms. The number of halogens is 3. The van der Waals surface area contributed by atoms with Crippen LogP contribution in [0.15, 0.2) is 0 Å².